The maximum Gasteiger partial charge on any atom is 0.337 e. The van der Waals surface area contributed by atoms with Gasteiger partial charge in [-0.15, -0.1) is 0 Å². The average molecular weight is 410 g/mol. The van der Waals surface area contributed by atoms with Crippen molar-refractivity contribution >= 4 is 17.4 Å². The Morgan fingerprint density at radius 3 is 2.27 bits per heavy atom. The van der Waals surface area contributed by atoms with Crippen molar-refractivity contribution in [2.75, 3.05) is 11.4 Å². The minimum absolute atomic E-state index is 0.0120. The Balaban J connectivity index is 1.80. The van der Waals surface area contributed by atoms with Crippen LogP contribution in [0.5, 0.6) is 5.75 Å². The Labute approximate surface area is 178 Å². The number of hydrogen-bond donors (Lipinski definition) is 1. The van der Waals surface area contributed by atoms with Crippen LogP contribution >= 0.6 is 0 Å². The summed E-state index contributed by atoms with van der Waals surface area (Å²) in [5.41, 5.74) is 2.20. The van der Waals surface area contributed by atoms with Gasteiger partial charge in [-0.1, -0.05) is 43.7 Å². The highest BCUT2D eigenvalue weighted by Crippen LogP contribution is 2.37. The third-order valence-corrected chi connectivity index (χ3v) is 6.15. The molecular weight excluding hydrogens is 378 g/mol. The van der Waals surface area contributed by atoms with Crippen LogP contribution in [0.2, 0.25) is 0 Å². The zero-order valence-corrected chi connectivity index (χ0v) is 18.2. The molecule has 0 aromatic heterocycles. The van der Waals surface area contributed by atoms with Gasteiger partial charge in [0.05, 0.1) is 0 Å². The first-order valence-corrected chi connectivity index (χ1v) is 10.6. The highest BCUT2D eigenvalue weighted by molar-refractivity contribution is 6.08. The molecule has 1 heterocycles. The number of anilines is 1. The van der Waals surface area contributed by atoms with Crippen LogP contribution in [0.1, 0.15) is 44.7 Å². The molecule has 1 aliphatic heterocycles. The van der Waals surface area contributed by atoms with Crippen molar-refractivity contribution in [3.63, 3.8) is 0 Å². The molecule has 160 valence electrons. The number of aromatic hydroxyl groups is 1. The molecular formula is C25H31NO4. The first-order valence-electron chi connectivity index (χ1n) is 10.6. The molecule has 1 saturated heterocycles. The molecule has 1 aliphatic rings. The lowest BCUT2D eigenvalue weighted by molar-refractivity contribution is -0.179. The molecule has 5 heteroatoms. The monoisotopic (exact) mass is 409 g/mol. The van der Waals surface area contributed by atoms with Crippen LogP contribution in [0.4, 0.5) is 5.69 Å². The zero-order chi connectivity index (χ0) is 21.9. The van der Waals surface area contributed by atoms with E-state index in [1.165, 1.54) is 0 Å². The first kappa shape index (κ1) is 21.9. The minimum Gasteiger partial charge on any atom is -0.508 e. The summed E-state index contributed by atoms with van der Waals surface area (Å²) in [5.74, 6) is -0.325. The maximum atomic E-state index is 13.2. The normalized spacial score (nSPS) is 21.6. The van der Waals surface area contributed by atoms with Gasteiger partial charge in [-0.2, -0.15) is 0 Å². The highest BCUT2D eigenvalue weighted by Gasteiger charge is 2.50. The summed E-state index contributed by atoms with van der Waals surface area (Å²) >= 11 is 0. The summed E-state index contributed by atoms with van der Waals surface area (Å²) in [6, 6.07) is 13.9. The van der Waals surface area contributed by atoms with Crippen LogP contribution in [-0.2, 0) is 20.7 Å². The zero-order valence-electron chi connectivity index (χ0n) is 18.2. The van der Waals surface area contributed by atoms with E-state index in [-0.39, 0.29) is 23.9 Å². The number of Topliss-reactive ketones (excluding diaryl/α,β-unsaturated/α-hetero) is 1. The number of phenolic OH excluding ortho intramolecular Hbond substituents is 1. The highest BCUT2D eigenvalue weighted by atomic mass is 16.6. The number of ketones is 1. The average Bonchev–Trinajstić information content (AvgIpc) is 2.71. The van der Waals surface area contributed by atoms with Crippen molar-refractivity contribution in [1.29, 1.82) is 0 Å². The molecule has 0 radical (unpaired) electrons. The van der Waals surface area contributed by atoms with Gasteiger partial charge in [0.25, 0.3) is 0 Å². The van der Waals surface area contributed by atoms with Gasteiger partial charge >= 0.3 is 5.97 Å². The van der Waals surface area contributed by atoms with E-state index in [0.29, 0.717) is 19.4 Å². The fourth-order valence-electron chi connectivity index (χ4n) is 4.14. The van der Waals surface area contributed by atoms with E-state index in [1.54, 1.807) is 12.1 Å². The number of ether oxygens (including phenoxy) is 1. The lowest BCUT2D eigenvalue weighted by Gasteiger charge is -2.44. The van der Waals surface area contributed by atoms with Gasteiger partial charge in [-0.3, -0.25) is 4.79 Å². The van der Waals surface area contributed by atoms with Crippen molar-refractivity contribution < 1.29 is 19.4 Å². The van der Waals surface area contributed by atoms with E-state index in [0.717, 1.165) is 16.8 Å². The van der Waals surface area contributed by atoms with Gasteiger partial charge in [-0.25, -0.2) is 4.79 Å². The quantitative estimate of drug-likeness (QED) is 0.541. The number of rotatable bonds is 7. The lowest BCUT2D eigenvalue weighted by Crippen LogP contribution is -2.59. The van der Waals surface area contributed by atoms with E-state index in [9.17, 15) is 14.7 Å². The number of carbonyl (C=O) groups is 2. The van der Waals surface area contributed by atoms with Crippen molar-refractivity contribution in [2.45, 2.75) is 58.6 Å². The van der Waals surface area contributed by atoms with Gasteiger partial charge in [0.2, 0.25) is 0 Å². The molecule has 2 unspecified atom stereocenters. The van der Waals surface area contributed by atoms with Gasteiger partial charge in [0, 0.05) is 18.7 Å². The summed E-state index contributed by atoms with van der Waals surface area (Å²) in [4.78, 5) is 28.2. The molecule has 3 rings (SSSR count). The molecule has 2 atom stereocenters. The predicted octanol–water partition coefficient (Wildman–Crippen LogP) is 4.44. The molecule has 2 aromatic rings. The molecule has 5 nitrogen and oxygen atoms in total. The first-order chi connectivity index (χ1) is 14.3. The fraction of sp³-hybridized carbons (Fsp3) is 0.440. The van der Waals surface area contributed by atoms with E-state index >= 15 is 0 Å². The number of likely N-dealkylation sites (N-methyl/N-ethyl adjacent to an activating group) is 1. The van der Waals surface area contributed by atoms with Crippen molar-refractivity contribution in [2.24, 2.45) is 5.92 Å². The number of nitrogens with zero attached hydrogens (tertiary/aromatic N) is 1. The molecule has 0 spiro atoms. The van der Waals surface area contributed by atoms with Crippen LogP contribution in [0.15, 0.2) is 48.5 Å². The largest absolute Gasteiger partial charge is 0.508 e. The van der Waals surface area contributed by atoms with Crippen LogP contribution in [0.25, 0.3) is 0 Å². The number of hydrogen-bond acceptors (Lipinski definition) is 5. The summed E-state index contributed by atoms with van der Waals surface area (Å²) < 4.78 is 6.04. The van der Waals surface area contributed by atoms with Gasteiger partial charge in [0.1, 0.15) is 11.4 Å². The molecule has 1 N–H and O–H groups in total. The molecule has 30 heavy (non-hydrogen) atoms. The van der Waals surface area contributed by atoms with Gasteiger partial charge in [-0.05, 0) is 62.4 Å². The molecule has 0 bridgehead atoms. The number of aryl methyl sites for hydroxylation is 2. The molecule has 1 fully saturated rings. The number of benzene rings is 2. The molecule has 2 aromatic carbocycles. The molecule has 0 aliphatic carbocycles. The van der Waals surface area contributed by atoms with Gasteiger partial charge < -0.3 is 14.7 Å². The second-order valence-electron chi connectivity index (χ2n) is 8.47. The van der Waals surface area contributed by atoms with Crippen molar-refractivity contribution in [3.8, 4) is 5.75 Å². The summed E-state index contributed by atoms with van der Waals surface area (Å²) in [7, 11) is 0. The summed E-state index contributed by atoms with van der Waals surface area (Å²) in [6.07, 6.45) is 1.44. The van der Waals surface area contributed by atoms with Crippen LogP contribution in [0, 0.1) is 12.8 Å². The predicted molar refractivity (Wildman–Crippen MR) is 118 cm³/mol. The smallest absolute Gasteiger partial charge is 0.337 e. The lowest BCUT2D eigenvalue weighted by atomic mass is 9.77. The third-order valence-electron chi connectivity index (χ3n) is 6.15. The Hall–Kier alpha value is -2.82. The Morgan fingerprint density at radius 1 is 1.10 bits per heavy atom. The number of carbonyl (C=O) groups excluding carboxylic acids is 2. The Kier molecular flexibility index (Phi) is 6.49. The van der Waals surface area contributed by atoms with Crippen LogP contribution in [0.3, 0.4) is 0 Å². The van der Waals surface area contributed by atoms with E-state index in [1.807, 2.05) is 69.0 Å². The fourth-order valence-corrected chi connectivity index (χ4v) is 4.14. The van der Waals surface area contributed by atoms with Crippen LogP contribution < -0.4 is 4.90 Å². The topological polar surface area (TPSA) is 66.8 Å². The van der Waals surface area contributed by atoms with Crippen molar-refractivity contribution in [3.05, 3.63) is 59.7 Å². The third kappa shape index (κ3) is 4.50. The van der Waals surface area contributed by atoms with Gasteiger partial charge in [0.15, 0.2) is 11.8 Å². The molecule has 0 amide bonds. The van der Waals surface area contributed by atoms with Crippen LogP contribution in [-0.4, -0.2) is 35.0 Å². The second kappa shape index (κ2) is 8.90. The number of esters is 1. The second-order valence-corrected chi connectivity index (χ2v) is 8.47. The molecule has 0 saturated carbocycles. The van der Waals surface area contributed by atoms with E-state index < -0.39 is 17.6 Å². The standard InChI is InChI=1S/C25H31NO4/c1-5-26(20-10-6-18(4)7-11-20)23-22(28)16-25(17(2)3,30-24(23)29)15-14-19-8-12-21(27)13-9-19/h6-13,17,23,27H,5,14-16H2,1-4H3. The van der Waals surface area contributed by atoms with E-state index in [2.05, 4.69) is 0 Å². The Bertz CT molecular complexity index is 868. The Morgan fingerprint density at radius 2 is 1.73 bits per heavy atom. The number of cyclic esters (lactones) is 1. The minimum atomic E-state index is -0.904. The summed E-state index contributed by atoms with van der Waals surface area (Å²) in [5, 5.41) is 9.48. The summed E-state index contributed by atoms with van der Waals surface area (Å²) in [6.45, 7) is 8.47. The van der Waals surface area contributed by atoms with E-state index in [4.69, 9.17) is 4.74 Å². The SMILES string of the molecule is CCN(c1ccc(C)cc1)C1C(=O)CC(CCc2ccc(O)cc2)(C(C)C)OC1=O. The van der Waals surface area contributed by atoms with Crippen molar-refractivity contribution in [1.82, 2.24) is 0 Å². The number of phenols is 1. The maximum absolute atomic E-state index is 13.2.